The van der Waals surface area contributed by atoms with Gasteiger partial charge < -0.3 is 0 Å². The van der Waals surface area contributed by atoms with Gasteiger partial charge in [0.15, 0.2) is 5.71 Å². The van der Waals surface area contributed by atoms with E-state index in [0.717, 1.165) is 0 Å². The van der Waals surface area contributed by atoms with E-state index in [1.165, 1.54) is 0 Å². The number of hydrogen-bond donors (Lipinski definition) is 0. The number of aliphatic imine (C=N–C) groups is 1. The van der Waals surface area contributed by atoms with E-state index in [-0.39, 0.29) is 0 Å². The van der Waals surface area contributed by atoms with Crippen LogP contribution in [-0.2, 0) is 0 Å². The Bertz CT molecular complexity index is 446. The Balaban J connectivity index is 3.87. The molecule has 14 heteroatoms. The first-order chi connectivity index (χ1) is 8.84. The van der Waals surface area contributed by atoms with E-state index in [2.05, 4.69) is 0 Å². The van der Waals surface area contributed by atoms with E-state index in [1.54, 1.807) is 0 Å². The molecule has 0 aromatic heterocycles. The lowest BCUT2D eigenvalue weighted by atomic mass is 9.88. The molecular weight excluding hydrogens is 345 g/mol. The van der Waals surface area contributed by atoms with Crippen molar-refractivity contribution >= 4 is 5.71 Å². The van der Waals surface area contributed by atoms with E-state index < -0.39 is 41.6 Å². The molecule has 0 amide bonds. The summed E-state index contributed by atoms with van der Waals surface area (Å²) < 4.78 is 162. The maximum atomic E-state index is 13.0. The fourth-order valence-electron chi connectivity index (χ4n) is 1.57. The summed E-state index contributed by atoms with van der Waals surface area (Å²) >= 11 is 0. The minimum Gasteiger partial charge on any atom is -0.248 e. The van der Waals surface area contributed by atoms with Crippen LogP contribution in [-0.4, -0.2) is 41.6 Å². The summed E-state index contributed by atoms with van der Waals surface area (Å²) in [4.78, 5) is 0.681. The first-order valence-corrected chi connectivity index (χ1v) is 4.40. The first-order valence-electron chi connectivity index (χ1n) is 4.40. The van der Waals surface area contributed by atoms with Gasteiger partial charge in [-0.05, 0) is 0 Å². The van der Waals surface area contributed by atoms with Crippen molar-refractivity contribution in [2.45, 2.75) is 35.9 Å². The zero-order valence-electron chi connectivity index (χ0n) is 8.86. The van der Waals surface area contributed by atoms with Gasteiger partial charge in [-0.1, -0.05) is 0 Å². The van der Waals surface area contributed by atoms with Crippen LogP contribution in [0.2, 0.25) is 0 Å². The maximum Gasteiger partial charge on any atom is 0.435 e. The van der Waals surface area contributed by atoms with Crippen LogP contribution in [0.25, 0.3) is 0 Å². The Morgan fingerprint density at radius 1 is 0.667 bits per heavy atom. The number of rotatable bonds is 0. The van der Waals surface area contributed by atoms with E-state index in [4.69, 9.17) is 0 Å². The molecule has 1 heterocycles. The van der Waals surface area contributed by atoms with Crippen LogP contribution in [0, 0.1) is 0 Å². The number of nitrogens with zero attached hydrogens (tertiary/aromatic N) is 1. The van der Waals surface area contributed by atoms with Crippen LogP contribution in [0.4, 0.5) is 57.1 Å². The van der Waals surface area contributed by atoms with Crippen LogP contribution < -0.4 is 0 Å². The smallest absolute Gasteiger partial charge is 0.248 e. The Hall–Kier alpha value is -1.24. The highest BCUT2D eigenvalue weighted by Gasteiger charge is 2.94. The molecule has 1 nitrogen and oxygen atoms in total. The molecular formula is C7F13N. The molecule has 0 fully saturated rings. The number of halogens is 13. The number of alkyl halides is 13. The maximum absolute atomic E-state index is 13.0. The largest absolute Gasteiger partial charge is 0.435 e. The van der Waals surface area contributed by atoms with Crippen LogP contribution >= 0.6 is 0 Å². The zero-order valence-corrected chi connectivity index (χ0v) is 8.86. The summed E-state index contributed by atoms with van der Waals surface area (Å²) in [6.07, 6.45) is -21.1. The minimum atomic E-state index is -7.24. The normalized spacial score (nSPS) is 24.9. The number of hydrogen-bond acceptors (Lipinski definition) is 1. The van der Waals surface area contributed by atoms with Gasteiger partial charge in [0.05, 0.1) is 0 Å². The van der Waals surface area contributed by atoms with E-state index in [0.29, 0.717) is 4.99 Å². The van der Waals surface area contributed by atoms with Crippen molar-refractivity contribution in [1.29, 1.82) is 0 Å². The van der Waals surface area contributed by atoms with Gasteiger partial charge in [-0.15, -0.1) is 0 Å². The second-order valence-electron chi connectivity index (χ2n) is 3.81. The van der Waals surface area contributed by atoms with Crippen molar-refractivity contribution in [3.8, 4) is 0 Å². The Morgan fingerprint density at radius 2 is 1.00 bits per heavy atom. The fraction of sp³-hybridized carbons (Fsp3) is 0.857. The van der Waals surface area contributed by atoms with E-state index in [9.17, 15) is 57.1 Å². The molecule has 0 N–H and O–H groups in total. The highest BCUT2D eigenvalue weighted by Crippen LogP contribution is 2.64. The Morgan fingerprint density at radius 3 is 1.14 bits per heavy atom. The van der Waals surface area contributed by atoms with Crippen molar-refractivity contribution < 1.29 is 57.1 Å². The fourth-order valence-corrected chi connectivity index (χ4v) is 1.57. The van der Waals surface area contributed by atoms with Gasteiger partial charge in [-0.25, -0.2) is 4.99 Å². The molecule has 0 aromatic rings. The molecule has 124 valence electrons. The predicted octanol–water partition coefficient (Wildman–Crippen LogP) is 4.14. The zero-order chi connectivity index (χ0) is 17.3. The summed E-state index contributed by atoms with van der Waals surface area (Å²) in [7, 11) is 0. The molecule has 1 aliphatic rings. The monoisotopic (exact) mass is 345 g/mol. The molecule has 0 unspecified atom stereocenters. The molecule has 1 rings (SSSR count). The van der Waals surface area contributed by atoms with Crippen LogP contribution in [0.5, 0.6) is 0 Å². The lowest BCUT2D eigenvalue weighted by molar-refractivity contribution is -0.366. The average molecular weight is 345 g/mol. The third-order valence-corrected chi connectivity index (χ3v) is 2.51. The molecule has 0 saturated heterocycles. The van der Waals surface area contributed by atoms with Gasteiger partial charge in [0.2, 0.25) is 0 Å². The summed E-state index contributed by atoms with van der Waals surface area (Å²) in [5.74, 6) is -14.0. The SMILES string of the molecule is FC(F)(F)C1=NC(C(F)(F)F)(C(F)(F)F)C(F)(F)C1(F)F. The summed E-state index contributed by atoms with van der Waals surface area (Å²) in [6, 6.07) is 0. The quantitative estimate of drug-likeness (QED) is 0.586. The summed E-state index contributed by atoms with van der Waals surface area (Å²) in [6.45, 7) is 0. The van der Waals surface area contributed by atoms with Crippen LogP contribution in [0.1, 0.15) is 0 Å². The highest BCUT2D eigenvalue weighted by molar-refractivity contribution is 5.99. The van der Waals surface area contributed by atoms with Crippen molar-refractivity contribution in [2.75, 3.05) is 0 Å². The second kappa shape index (κ2) is 3.94. The minimum absolute atomic E-state index is 0.681. The Labute approximate surface area is 105 Å². The van der Waals surface area contributed by atoms with Crippen molar-refractivity contribution in [2.24, 2.45) is 4.99 Å². The van der Waals surface area contributed by atoms with Crippen molar-refractivity contribution in [3.05, 3.63) is 0 Å². The average Bonchev–Trinajstić information content (AvgIpc) is 2.27. The third kappa shape index (κ3) is 1.97. The van der Waals surface area contributed by atoms with Gasteiger partial charge >= 0.3 is 35.9 Å². The summed E-state index contributed by atoms with van der Waals surface area (Å²) in [5.41, 5.74) is -11.0. The molecule has 0 bridgehead atoms. The van der Waals surface area contributed by atoms with Gasteiger partial charge in [0, 0.05) is 0 Å². The molecule has 21 heavy (non-hydrogen) atoms. The highest BCUT2D eigenvalue weighted by atomic mass is 19.4. The molecule has 0 aliphatic carbocycles. The molecule has 1 aliphatic heterocycles. The molecule has 0 saturated carbocycles. The molecule has 0 radical (unpaired) electrons. The van der Waals surface area contributed by atoms with Gasteiger partial charge in [-0.3, -0.25) is 0 Å². The lowest BCUT2D eigenvalue weighted by Gasteiger charge is -2.36. The molecule has 0 atom stereocenters. The standard InChI is InChI=1S/C7F13N/c8-2(9)1(3(10,11)12)21-4(5(2,13)14,6(15,16)17)7(18,19)20. The Kier molecular flexibility index (Phi) is 3.34. The first kappa shape index (κ1) is 17.8. The van der Waals surface area contributed by atoms with E-state index >= 15 is 0 Å². The topological polar surface area (TPSA) is 12.4 Å². The molecule has 0 aromatic carbocycles. The summed E-state index contributed by atoms with van der Waals surface area (Å²) in [5, 5.41) is 0. The van der Waals surface area contributed by atoms with Gasteiger partial charge in [-0.2, -0.15) is 57.1 Å². The second-order valence-corrected chi connectivity index (χ2v) is 3.81. The van der Waals surface area contributed by atoms with Crippen LogP contribution in [0.15, 0.2) is 4.99 Å². The van der Waals surface area contributed by atoms with Gasteiger partial charge in [0.25, 0.3) is 0 Å². The van der Waals surface area contributed by atoms with Crippen molar-refractivity contribution in [1.82, 2.24) is 0 Å². The van der Waals surface area contributed by atoms with Crippen molar-refractivity contribution in [3.63, 3.8) is 0 Å². The molecule has 0 spiro atoms. The van der Waals surface area contributed by atoms with Gasteiger partial charge in [0.1, 0.15) is 0 Å². The lowest BCUT2D eigenvalue weighted by Crippen LogP contribution is -2.68. The van der Waals surface area contributed by atoms with Crippen LogP contribution in [0.3, 0.4) is 0 Å². The predicted molar refractivity (Wildman–Crippen MR) is 38.2 cm³/mol. The van der Waals surface area contributed by atoms with E-state index in [1.807, 2.05) is 0 Å². The third-order valence-electron chi connectivity index (χ3n) is 2.51.